The van der Waals surface area contributed by atoms with E-state index < -0.39 is 23.6 Å². The summed E-state index contributed by atoms with van der Waals surface area (Å²) in [5.74, 6) is -1.51. The summed E-state index contributed by atoms with van der Waals surface area (Å²) >= 11 is 0. The molecule has 0 aliphatic heterocycles. The summed E-state index contributed by atoms with van der Waals surface area (Å²) in [6, 6.07) is 9.40. The molecule has 5 N–H and O–H groups in total. The number of hydrogen-bond acceptors (Lipinski definition) is 4. The van der Waals surface area contributed by atoms with Crippen LogP contribution in [0.2, 0.25) is 0 Å². The Balaban J connectivity index is 1.74. The maximum Gasteiger partial charge on any atom is 0.416 e. The van der Waals surface area contributed by atoms with Crippen LogP contribution in [0.1, 0.15) is 40.7 Å². The van der Waals surface area contributed by atoms with Crippen LogP contribution in [0.25, 0.3) is 0 Å². The number of aliphatic imine (C=N–C) groups is 1. The molecule has 2 aromatic carbocycles. The molecule has 0 bridgehead atoms. The van der Waals surface area contributed by atoms with Crippen LogP contribution >= 0.6 is 0 Å². The van der Waals surface area contributed by atoms with Crippen molar-refractivity contribution in [3.8, 4) is 0 Å². The minimum absolute atomic E-state index is 0.0643. The van der Waals surface area contributed by atoms with Crippen LogP contribution in [0.4, 0.5) is 24.5 Å². The van der Waals surface area contributed by atoms with Gasteiger partial charge in [0.25, 0.3) is 5.91 Å². The fourth-order valence-corrected chi connectivity index (χ4v) is 3.21. The van der Waals surface area contributed by atoms with E-state index in [1.165, 1.54) is 0 Å². The average Bonchev–Trinajstić information content (AvgIpc) is 3.48. The Morgan fingerprint density at radius 2 is 1.84 bits per heavy atom. The molecule has 1 amide bonds. The zero-order chi connectivity index (χ0) is 22.8. The number of esters is 1. The van der Waals surface area contributed by atoms with Gasteiger partial charge in [-0.1, -0.05) is 12.1 Å². The van der Waals surface area contributed by atoms with Gasteiger partial charge < -0.3 is 21.5 Å². The van der Waals surface area contributed by atoms with Crippen molar-refractivity contribution in [1.82, 2.24) is 0 Å². The third-order valence-electron chi connectivity index (χ3n) is 4.74. The van der Waals surface area contributed by atoms with Crippen molar-refractivity contribution in [1.29, 1.82) is 0 Å². The van der Waals surface area contributed by atoms with Gasteiger partial charge in [0.1, 0.15) is 0 Å². The molecule has 1 saturated carbocycles. The third kappa shape index (κ3) is 5.53. The van der Waals surface area contributed by atoms with Gasteiger partial charge in [0.2, 0.25) is 0 Å². The Kier molecular flexibility index (Phi) is 6.19. The lowest BCUT2D eigenvalue weighted by Crippen LogP contribution is -2.22. The fraction of sp³-hybridized carbons (Fsp3) is 0.286. The molecule has 1 fully saturated rings. The van der Waals surface area contributed by atoms with Gasteiger partial charge in [0, 0.05) is 11.3 Å². The maximum atomic E-state index is 13.2. The van der Waals surface area contributed by atoms with E-state index in [0.29, 0.717) is 18.7 Å². The molecule has 0 spiro atoms. The quantitative estimate of drug-likeness (QED) is 0.365. The largest absolute Gasteiger partial charge is 0.466 e. The van der Waals surface area contributed by atoms with E-state index in [4.69, 9.17) is 16.2 Å². The van der Waals surface area contributed by atoms with Crippen molar-refractivity contribution < 1.29 is 27.5 Å². The second-order valence-electron chi connectivity index (χ2n) is 7.08. The zero-order valence-corrected chi connectivity index (χ0v) is 16.6. The highest BCUT2D eigenvalue weighted by molar-refractivity contribution is 6.05. The maximum absolute atomic E-state index is 13.2. The highest BCUT2D eigenvalue weighted by atomic mass is 19.4. The number of carbonyl (C=O) groups is 2. The number of halogens is 3. The molecule has 7 nitrogen and oxygen atoms in total. The second kappa shape index (κ2) is 8.66. The van der Waals surface area contributed by atoms with Gasteiger partial charge in [0.15, 0.2) is 5.96 Å². The first kappa shape index (κ1) is 22.1. The lowest BCUT2D eigenvalue weighted by atomic mass is 10.1. The van der Waals surface area contributed by atoms with Crippen molar-refractivity contribution in [2.75, 3.05) is 11.9 Å². The van der Waals surface area contributed by atoms with E-state index in [2.05, 4.69) is 10.3 Å². The number of hydrogen-bond donors (Lipinski definition) is 3. The van der Waals surface area contributed by atoms with E-state index in [1.807, 2.05) is 0 Å². The van der Waals surface area contributed by atoms with Gasteiger partial charge in [-0.15, -0.1) is 0 Å². The third-order valence-corrected chi connectivity index (χ3v) is 4.74. The highest BCUT2D eigenvalue weighted by Crippen LogP contribution is 2.48. The minimum atomic E-state index is -4.68. The number of nitrogens with zero attached hydrogens (tertiary/aromatic N) is 1. The summed E-state index contributed by atoms with van der Waals surface area (Å²) in [6.45, 7) is 2.07. The van der Waals surface area contributed by atoms with Crippen molar-refractivity contribution in [3.05, 3.63) is 59.2 Å². The average molecular weight is 434 g/mol. The van der Waals surface area contributed by atoms with Crippen LogP contribution in [0, 0.1) is 5.92 Å². The number of rotatable bonds is 6. The Labute approximate surface area is 176 Å². The number of carbonyl (C=O) groups excluding carboxylic acids is 2. The first-order chi connectivity index (χ1) is 14.6. The van der Waals surface area contributed by atoms with Crippen LogP contribution < -0.4 is 16.8 Å². The number of anilines is 1. The Bertz CT molecular complexity index is 1020. The topological polar surface area (TPSA) is 120 Å². The fourth-order valence-electron chi connectivity index (χ4n) is 3.21. The normalized spacial score (nSPS) is 17.5. The summed E-state index contributed by atoms with van der Waals surface area (Å²) in [4.78, 5) is 27.9. The zero-order valence-electron chi connectivity index (χ0n) is 16.6. The SMILES string of the molecule is CCOC(=O)C1CC1c1ccc(NC(=O)c2cc(N=C(N)N)cc(C(F)(F)F)c2)cc1. The number of nitrogens with one attached hydrogen (secondary N) is 1. The van der Waals surface area contributed by atoms with Gasteiger partial charge in [-0.25, -0.2) is 4.99 Å². The first-order valence-corrected chi connectivity index (χ1v) is 9.48. The summed E-state index contributed by atoms with van der Waals surface area (Å²) in [5.41, 5.74) is 10.3. The first-order valence-electron chi connectivity index (χ1n) is 9.48. The molecule has 3 rings (SSSR count). The molecular formula is C21H21F3N4O3. The van der Waals surface area contributed by atoms with Crippen LogP contribution in [0.5, 0.6) is 0 Å². The number of alkyl halides is 3. The number of guanidine groups is 1. The van der Waals surface area contributed by atoms with E-state index in [-0.39, 0.29) is 29.1 Å². The van der Waals surface area contributed by atoms with E-state index in [9.17, 15) is 22.8 Å². The van der Waals surface area contributed by atoms with Gasteiger partial charge in [-0.2, -0.15) is 13.2 Å². The lowest BCUT2D eigenvalue weighted by molar-refractivity contribution is -0.144. The van der Waals surface area contributed by atoms with Gasteiger partial charge in [-0.05, 0) is 55.2 Å². The van der Waals surface area contributed by atoms with Crippen molar-refractivity contribution >= 4 is 29.2 Å². The smallest absolute Gasteiger partial charge is 0.416 e. The minimum Gasteiger partial charge on any atom is -0.466 e. The van der Waals surface area contributed by atoms with Crippen molar-refractivity contribution in [2.45, 2.75) is 25.4 Å². The number of amides is 1. The Morgan fingerprint density at radius 1 is 1.16 bits per heavy atom. The number of nitrogens with two attached hydrogens (primary N) is 2. The molecule has 1 aliphatic rings. The monoisotopic (exact) mass is 434 g/mol. The lowest BCUT2D eigenvalue weighted by Gasteiger charge is -2.11. The molecule has 2 atom stereocenters. The van der Waals surface area contributed by atoms with Crippen LogP contribution in [0.15, 0.2) is 47.5 Å². The molecule has 0 saturated heterocycles. The molecule has 0 aromatic heterocycles. The Hall–Kier alpha value is -3.56. The molecule has 2 aromatic rings. The van der Waals surface area contributed by atoms with Crippen molar-refractivity contribution in [3.63, 3.8) is 0 Å². The Morgan fingerprint density at radius 3 is 2.42 bits per heavy atom. The van der Waals surface area contributed by atoms with Crippen LogP contribution in [0.3, 0.4) is 0 Å². The van der Waals surface area contributed by atoms with Gasteiger partial charge in [-0.3, -0.25) is 9.59 Å². The summed E-state index contributed by atoms with van der Waals surface area (Å²) in [5, 5.41) is 2.55. The summed E-state index contributed by atoms with van der Waals surface area (Å²) < 4.78 is 44.5. The van der Waals surface area contributed by atoms with Gasteiger partial charge in [0.05, 0.1) is 23.8 Å². The summed E-state index contributed by atoms with van der Waals surface area (Å²) in [7, 11) is 0. The van der Waals surface area contributed by atoms with E-state index in [0.717, 1.165) is 23.8 Å². The predicted octanol–water partition coefficient (Wildman–Crippen LogP) is 3.53. The number of ether oxygens (including phenoxy) is 1. The second-order valence-corrected chi connectivity index (χ2v) is 7.08. The summed E-state index contributed by atoms with van der Waals surface area (Å²) in [6.07, 6.45) is -3.98. The van der Waals surface area contributed by atoms with E-state index in [1.54, 1.807) is 31.2 Å². The van der Waals surface area contributed by atoms with Crippen molar-refractivity contribution in [2.24, 2.45) is 22.4 Å². The standard InChI is InChI=1S/C21H21F3N4O3/c1-2-31-19(30)17-10-16(17)11-3-5-14(6-4-11)27-18(29)12-7-13(21(22,23)24)9-15(8-12)28-20(25)26/h3-9,16-17H,2,10H2,1H3,(H,27,29)(H4,25,26,28). The highest BCUT2D eigenvalue weighted by Gasteiger charge is 2.45. The molecule has 10 heteroatoms. The van der Waals surface area contributed by atoms with Crippen LogP contribution in [-0.4, -0.2) is 24.4 Å². The molecule has 1 aliphatic carbocycles. The molecule has 31 heavy (non-hydrogen) atoms. The predicted molar refractivity (Wildman–Crippen MR) is 109 cm³/mol. The van der Waals surface area contributed by atoms with Crippen LogP contribution in [-0.2, 0) is 15.7 Å². The molecular weight excluding hydrogens is 413 g/mol. The molecule has 0 heterocycles. The molecule has 164 valence electrons. The molecule has 2 unspecified atom stereocenters. The van der Waals surface area contributed by atoms with E-state index >= 15 is 0 Å². The number of benzene rings is 2. The van der Waals surface area contributed by atoms with Gasteiger partial charge >= 0.3 is 12.1 Å². The molecule has 0 radical (unpaired) electrons.